The van der Waals surface area contributed by atoms with Gasteiger partial charge in [0, 0.05) is 21.5 Å². The number of hydrogen-bond acceptors (Lipinski definition) is 2. The molecule has 0 fully saturated rings. The second-order valence-electron chi connectivity index (χ2n) is 22.9. The van der Waals surface area contributed by atoms with Crippen molar-refractivity contribution in [3.8, 4) is 79.1 Å². The zero-order valence-corrected chi connectivity index (χ0v) is 47.7. The van der Waals surface area contributed by atoms with E-state index in [2.05, 4.69) is 244 Å². The Morgan fingerprint density at radius 1 is 0.266 bits per heavy atom. The van der Waals surface area contributed by atoms with Gasteiger partial charge in [0.05, 0.1) is 45.1 Å². The van der Waals surface area contributed by atoms with E-state index in [-0.39, 0.29) is 0 Å². The van der Waals surface area contributed by atoms with Crippen molar-refractivity contribution in [3.05, 3.63) is 235 Å². The average molecular weight is 1020 g/mol. The maximum absolute atomic E-state index is 12.1. The van der Waals surface area contributed by atoms with E-state index >= 15 is 0 Å². The van der Waals surface area contributed by atoms with Crippen molar-refractivity contribution in [2.45, 2.75) is 90.0 Å². The number of rotatable bonds is 7. The highest BCUT2D eigenvalue weighted by molar-refractivity contribution is 6.14. The van der Waals surface area contributed by atoms with Crippen molar-refractivity contribution in [3.63, 3.8) is 0 Å². The first-order valence-corrected chi connectivity index (χ1v) is 27.5. The summed E-state index contributed by atoms with van der Waals surface area (Å²) in [7, 11) is 0. The van der Waals surface area contributed by atoms with Gasteiger partial charge in [-0.05, 0) is 269 Å². The number of benzene rings is 10. The van der Waals surface area contributed by atoms with Gasteiger partial charge in [-0.2, -0.15) is 10.5 Å². The molecule has 10 aromatic carbocycles. The standard InChI is InChI=1S/C75H64N4/c1-41-22-46(6)72(47(7)23-41)55-14-18-66-61(33-55)62-34-56(73-48(8)24-42(2)25-49(73)9)15-19-67(62)78(66)70-37-60(59-31-45(5)30-54(32-59)39-76)38-71(65(70)40-77)79-68-20-16-57(74-50(10)26-43(3)27-51(74)11)35-63(68)64-36-58(17-21-69(64)79)75-52(12)28-44(4)29-53(75)13/h14-38H,1-13H3. The van der Waals surface area contributed by atoms with E-state index in [0.29, 0.717) is 11.1 Å². The second-order valence-corrected chi connectivity index (χ2v) is 22.9. The van der Waals surface area contributed by atoms with E-state index in [1.807, 2.05) is 19.1 Å². The van der Waals surface area contributed by atoms with Crippen molar-refractivity contribution in [1.82, 2.24) is 9.13 Å². The van der Waals surface area contributed by atoms with Crippen LogP contribution in [0, 0.1) is 113 Å². The van der Waals surface area contributed by atoms with Crippen molar-refractivity contribution >= 4 is 43.6 Å². The van der Waals surface area contributed by atoms with Gasteiger partial charge in [0.25, 0.3) is 0 Å². The van der Waals surface area contributed by atoms with Gasteiger partial charge in [0.15, 0.2) is 0 Å². The van der Waals surface area contributed by atoms with Gasteiger partial charge in [-0.1, -0.05) is 101 Å². The van der Waals surface area contributed by atoms with E-state index in [0.717, 1.165) is 93.9 Å². The summed E-state index contributed by atoms with van der Waals surface area (Å²) in [6.07, 6.45) is 0. The third-order valence-electron chi connectivity index (χ3n) is 16.6. The van der Waals surface area contributed by atoms with Gasteiger partial charge in [-0.3, -0.25) is 0 Å². The fourth-order valence-corrected chi connectivity index (χ4v) is 14.0. The fraction of sp³-hybridized carbons (Fsp3) is 0.173. The molecule has 0 saturated heterocycles. The Kier molecular flexibility index (Phi) is 12.2. The molecule has 0 radical (unpaired) electrons. The van der Waals surface area contributed by atoms with Gasteiger partial charge < -0.3 is 9.13 Å². The summed E-state index contributed by atoms with van der Waals surface area (Å²) < 4.78 is 4.65. The smallest absolute Gasteiger partial charge is 0.104 e. The highest BCUT2D eigenvalue weighted by Crippen LogP contribution is 2.45. The maximum Gasteiger partial charge on any atom is 0.104 e. The first kappa shape index (κ1) is 50.6. The molecule has 0 aliphatic heterocycles. The molecule has 0 aliphatic carbocycles. The fourth-order valence-electron chi connectivity index (χ4n) is 14.0. The van der Waals surface area contributed by atoms with Crippen LogP contribution in [0.5, 0.6) is 0 Å². The number of fused-ring (bicyclic) bond motifs is 6. The summed E-state index contributed by atoms with van der Waals surface area (Å²) >= 11 is 0. The highest BCUT2D eigenvalue weighted by Gasteiger charge is 2.25. The van der Waals surface area contributed by atoms with Gasteiger partial charge in [-0.15, -0.1) is 0 Å². The van der Waals surface area contributed by atoms with Crippen LogP contribution in [0.25, 0.3) is 111 Å². The largest absolute Gasteiger partial charge is 0.308 e. The van der Waals surface area contributed by atoms with Crippen molar-refractivity contribution < 1.29 is 0 Å². The molecule has 0 spiro atoms. The molecular weight excluding hydrogens is 957 g/mol. The molecule has 0 amide bonds. The Hall–Kier alpha value is -9.22. The predicted octanol–water partition coefficient (Wildman–Crippen LogP) is 20.0. The van der Waals surface area contributed by atoms with E-state index in [9.17, 15) is 10.5 Å². The first-order valence-electron chi connectivity index (χ1n) is 27.5. The van der Waals surface area contributed by atoms with E-state index < -0.39 is 0 Å². The topological polar surface area (TPSA) is 57.4 Å². The van der Waals surface area contributed by atoms with Crippen LogP contribution in [-0.4, -0.2) is 9.13 Å². The average Bonchev–Trinajstić information content (AvgIpc) is 3.81. The van der Waals surface area contributed by atoms with Crippen LogP contribution in [0.1, 0.15) is 83.5 Å². The molecule has 12 aromatic rings. The lowest BCUT2D eigenvalue weighted by molar-refractivity contribution is 1.12. The molecule has 4 heteroatoms. The van der Waals surface area contributed by atoms with Crippen LogP contribution in [-0.2, 0) is 0 Å². The quantitative estimate of drug-likeness (QED) is 0.160. The van der Waals surface area contributed by atoms with E-state index in [4.69, 9.17) is 0 Å². The Labute approximate surface area is 465 Å². The molecule has 2 aromatic heterocycles. The molecule has 0 saturated carbocycles. The summed E-state index contributed by atoms with van der Waals surface area (Å²) in [4.78, 5) is 0. The Morgan fingerprint density at radius 3 is 0.797 bits per heavy atom. The summed E-state index contributed by atoms with van der Waals surface area (Å²) in [5, 5.41) is 26.9. The Balaban J connectivity index is 1.21. The van der Waals surface area contributed by atoms with Gasteiger partial charge in [0.2, 0.25) is 0 Å². The maximum atomic E-state index is 12.1. The van der Waals surface area contributed by atoms with Crippen LogP contribution < -0.4 is 0 Å². The normalized spacial score (nSPS) is 11.6. The van der Waals surface area contributed by atoms with Gasteiger partial charge in [0.1, 0.15) is 11.6 Å². The molecule has 0 aliphatic rings. The number of nitriles is 2. The molecule has 12 rings (SSSR count). The van der Waals surface area contributed by atoms with Crippen LogP contribution in [0.15, 0.2) is 152 Å². The highest BCUT2D eigenvalue weighted by atomic mass is 15.0. The molecule has 0 unspecified atom stereocenters. The minimum absolute atomic E-state index is 0.543. The molecule has 79 heavy (non-hydrogen) atoms. The molecule has 0 atom stereocenters. The van der Waals surface area contributed by atoms with Gasteiger partial charge in [-0.25, -0.2) is 0 Å². The predicted molar refractivity (Wildman–Crippen MR) is 333 cm³/mol. The van der Waals surface area contributed by atoms with Crippen LogP contribution in [0.2, 0.25) is 0 Å². The SMILES string of the molecule is Cc1cc(C#N)cc(-c2cc(-n3c4ccc(-c5c(C)cc(C)cc5C)cc4c4cc(-c5c(C)cc(C)cc5C)ccc43)c(C#N)c(-n3c4ccc(-c5c(C)cc(C)cc5C)cc4c4cc(-c5c(C)cc(C)cc5C)ccc43)c2)c1. The lowest BCUT2D eigenvalue weighted by Gasteiger charge is -2.19. The van der Waals surface area contributed by atoms with Crippen LogP contribution in [0.3, 0.4) is 0 Å². The third kappa shape index (κ3) is 8.43. The lowest BCUT2D eigenvalue weighted by atomic mass is 9.91. The van der Waals surface area contributed by atoms with Crippen molar-refractivity contribution in [2.24, 2.45) is 0 Å². The van der Waals surface area contributed by atoms with Crippen LogP contribution in [0.4, 0.5) is 0 Å². The second kappa shape index (κ2) is 19.1. The molecule has 0 bridgehead atoms. The Bertz CT molecular complexity index is 4120. The van der Waals surface area contributed by atoms with Crippen LogP contribution >= 0.6 is 0 Å². The molecule has 4 nitrogen and oxygen atoms in total. The molecule has 384 valence electrons. The number of nitrogens with zero attached hydrogens (tertiary/aromatic N) is 4. The van der Waals surface area contributed by atoms with E-state index in [1.54, 1.807) is 0 Å². The summed E-state index contributed by atoms with van der Waals surface area (Å²) in [6, 6.07) is 61.4. The Morgan fingerprint density at radius 2 is 0.532 bits per heavy atom. The summed E-state index contributed by atoms with van der Waals surface area (Å²) in [5.74, 6) is 0. The van der Waals surface area contributed by atoms with E-state index in [1.165, 1.54) is 89.0 Å². The molecule has 2 heterocycles. The first-order chi connectivity index (χ1) is 37.9. The lowest BCUT2D eigenvalue weighted by Crippen LogP contribution is -2.05. The summed E-state index contributed by atoms with van der Waals surface area (Å²) in [6.45, 7) is 28.4. The molecule has 0 N–H and O–H groups in total. The van der Waals surface area contributed by atoms with Crippen molar-refractivity contribution in [1.29, 1.82) is 10.5 Å². The minimum atomic E-state index is 0.543. The van der Waals surface area contributed by atoms with Gasteiger partial charge >= 0.3 is 0 Å². The third-order valence-corrected chi connectivity index (χ3v) is 16.6. The number of hydrogen-bond donors (Lipinski definition) is 0. The molecular formula is C75H64N4. The zero-order chi connectivity index (χ0) is 55.5. The number of aryl methyl sites for hydroxylation is 13. The number of aromatic nitrogens is 2. The zero-order valence-electron chi connectivity index (χ0n) is 47.7. The minimum Gasteiger partial charge on any atom is -0.308 e. The monoisotopic (exact) mass is 1020 g/mol. The summed E-state index contributed by atoms with van der Waals surface area (Å²) in [5.41, 5.74) is 34.0. The van der Waals surface area contributed by atoms with Crippen molar-refractivity contribution in [2.75, 3.05) is 0 Å².